The highest BCUT2D eigenvalue weighted by molar-refractivity contribution is 7.92. The van der Waals surface area contributed by atoms with Crippen molar-refractivity contribution in [3.8, 4) is 5.75 Å². The molecule has 6 nitrogen and oxygen atoms in total. The number of fused-ring (bicyclic) bond motifs is 1. The van der Waals surface area contributed by atoms with Gasteiger partial charge in [-0.1, -0.05) is 36.4 Å². The molecule has 1 aliphatic heterocycles. The molecule has 0 radical (unpaired) electrons. The summed E-state index contributed by atoms with van der Waals surface area (Å²) in [5.41, 5.74) is 3.65. The van der Waals surface area contributed by atoms with Gasteiger partial charge in [0.05, 0.1) is 16.3 Å². The van der Waals surface area contributed by atoms with Crippen molar-refractivity contribution in [1.29, 1.82) is 0 Å². The Morgan fingerprint density at radius 1 is 1.06 bits per heavy atom. The zero-order chi connectivity index (χ0) is 22.0. The minimum atomic E-state index is -3.65. The lowest BCUT2D eigenvalue weighted by Crippen LogP contribution is -2.29. The molecule has 0 saturated heterocycles. The second kappa shape index (κ2) is 8.28. The van der Waals surface area contributed by atoms with Gasteiger partial charge in [0.2, 0.25) is 5.91 Å². The summed E-state index contributed by atoms with van der Waals surface area (Å²) in [6, 6.07) is 18.9. The van der Waals surface area contributed by atoms with Gasteiger partial charge in [-0.05, 0) is 66.4 Å². The standard InChI is InChI=1S/C24H22N2O4S/c1-17-6-12-21(23(27)16-17)25-24(28)13-9-18-7-10-20(11-8-18)31(29,30)26-15-14-19-4-2-3-5-22(19)26/h2-13,16,27H,14-15H2,1H3,(H,25,28). The van der Waals surface area contributed by atoms with Gasteiger partial charge in [0, 0.05) is 12.6 Å². The summed E-state index contributed by atoms with van der Waals surface area (Å²) in [4.78, 5) is 12.3. The number of para-hydroxylation sites is 1. The highest BCUT2D eigenvalue weighted by Gasteiger charge is 2.30. The van der Waals surface area contributed by atoms with Gasteiger partial charge in [0.25, 0.3) is 10.0 Å². The monoisotopic (exact) mass is 434 g/mol. The van der Waals surface area contributed by atoms with Crippen molar-refractivity contribution >= 4 is 33.4 Å². The highest BCUT2D eigenvalue weighted by atomic mass is 32.2. The van der Waals surface area contributed by atoms with E-state index in [9.17, 15) is 18.3 Å². The molecule has 0 unspecified atom stereocenters. The molecule has 0 aliphatic carbocycles. The van der Waals surface area contributed by atoms with Crippen LogP contribution in [0.2, 0.25) is 0 Å². The minimum Gasteiger partial charge on any atom is -0.506 e. The van der Waals surface area contributed by atoms with Crippen LogP contribution < -0.4 is 9.62 Å². The van der Waals surface area contributed by atoms with Gasteiger partial charge in [0.15, 0.2) is 0 Å². The second-order valence-corrected chi connectivity index (χ2v) is 9.23. The first-order valence-corrected chi connectivity index (χ1v) is 11.3. The molecule has 0 saturated carbocycles. The lowest BCUT2D eigenvalue weighted by Gasteiger charge is -2.19. The Bertz CT molecular complexity index is 1260. The van der Waals surface area contributed by atoms with E-state index in [2.05, 4.69) is 5.32 Å². The Morgan fingerprint density at radius 3 is 2.55 bits per heavy atom. The number of hydrogen-bond acceptors (Lipinski definition) is 4. The number of hydrogen-bond donors (Lipinski definition) is 2. The quantitative estimate of drug-likeness (QED) is 0.468. The van der Waals surface area contributed by atoms with Crippen molar-refractivity contribution in [1.82, 2.24) is 0 Å². The minimum absolute atomic E-state index is 0.000189. The Labute approximate surface area is 181 Å². The first kappa shape index (κ1) is 20.7. The van der Waals surface area contributed by atoms with E-state index in [1.165, 1.54) is 10.4 Å². The van der Waals surface area contributed by atoms with Crippen LogP contribution in [0.3, 0.4) is 0 Å². The Hall–Kier alpha value is -3.58. The molecule has 3 aromatic carbocycles. The maximum atomic E-state index is 13.1. The number of aryl methyl sites for hydroxylation is 1. The maximum absolute atomic E-state index is 13.1. The summed E-state index contributed by atoms with van der Waals surface area (Å²) in [6.45, 7) is 2.27. The molecule has 0 bridgehead atoms. The Balaban J connectivity index is 1.46. The molecule has 7 heteroatoms. The number of amides is 1. The molecular formula is C24H22N2O4S. The van der Waals surface area contributed by atoms with Crippen molar-refractivity contribution in [3.63, 3.8) is 0 Å². The van der Waals surface area contributed by atoms with E-state index in [0.717, 1.165) is 16.8 Å². The number of nitrogens with zero attached hydrogens (tertiary/aromatic N) is 1. The number of anilines is 2. The molecule has 1 amide bonds. The van der Waals surface area contributed by atoms with Crippen LogP contribution in [-0.4, -0.2) is 26.0 Å². The van der Waals surface area contributed by atoms with Crippen LogP contribution >= 0.6 is 0 Å². The van der Waals surface area contributed by atoms with E-state index < -0.39 is 15.9 Å². The summed E-state index contributed by atoms with van der Waals surface area (Å²) in [7, 11) is -3.65. The van der Waals surface area contributed by atoms with E-state index in [4.69, 9.17) is 0 Å². The molecule has 1 aliphatic rings. The van der Waals surface area contributed by atoms with Gasteiger partial charge < -0.3 is 10.4 Å². The smallest absolute Gasteiger partial charge is 0.264 e. The van der Waals surface area contributed by atoms with Gasteiger partial charge in [-0.2, -0.15) is 0 Å². The first-order chi connectivity index (χ1) is 14.8. The number of phenols is 1. The maximum Gasteiger partial charge on any atom is 0.264 e. The number of nitrogens with one attached hydrogen (secondary N) is 1. The molecule has 3 aromatic rings. The third kappa shape index (κ3) is 4.32. The normalized spacial score (nSPS) is 13.4. The van der Waals surface area contributed by atoms with E-state index in [1.807, 2.05) is 31.2 Å². The first-order valence-electron chi connectivity index (χ1n) is 9.84. The topological polar surface area (TPSA) is 86.7 Å². The summed E-state index contributed by atoms with van der Waals surface area (Å²) in [5, 5.41) is 12.5. The number of benzene rings is 3. The third-order valence-corrected chi connectivity index (χ3v) is 6.98. The fourth-order valence-electron chi connectivity index (χ4n) is 3.53. The molecule has 0 fully saturated rings. The van der Waals surface area contributed by atoms with Gasteiger partial charge >= 0.3 is 0 Å². The molecule has 31 heavy (non-hydrogen) atoms. The summed E-state index contributed by atoms with van der Waals surface area (Å²) < 4.78 is 27.5. The van der Waals surface area contributed by atoms with Crippen LogP contribution in [0.4, 0.5) is 11.4 Å². The van der Waals surface area contributed by atoms with Crippen molar-refractivity contribution in [2.45, 2.75) is 18.2 Å². The Morgan fingerprint density at radius 2 is 1.81 bits per heavy atom. The molecule has 1 heterocycles. The fourth-order valence-corrected chi connectivity index (χ4v) is 5.03. The third-order valence-electron chi connectivity index (χ3n) is 5.15. The fraction of sp³-hybridized carbons (Fsp3) is 0.125. The number of sulfonamides is 1. The van der Waals surface area contributed by atoms with Gasteiger partial charge in [-0.3, -0.25) is 9.10 Å². The lowest BCUT2D eigenvalue weighted by molar-refractivity contribution is -0.111. The van der Waals surface area contributed by atoms with Crippen molar-refractivity contribution < 1.29 is 18.3 Å². The zero-order valence-corrected chi connectivity index (χ0v) is 17.8. The van der Waals surface area contributed by atoms with E-state index in [-0.39, 0.29) is 10.6 Å². The zero-order valence-electron chi connectivity index (χ0n) is 16.9. The van der Waals surface area contributed by atoms with Crippen LogP contribution in [0, 0.1) is 6.92 Å². The predicted molar refractivity (Wildman–Crippen MR) is 122 cm³/mol. The summed E-state index contributed by atoms with van der Waals surface area (Å²) in [6.07, 6.45) is 3.61. The average Bonchev–Trinajstić information content (AvgIpc) is 3.20. The van der Waals surface area contributed by atoms with Crippen molar-refractivity contribution in [2.75, 3.05) is 16.2 Å². The number of aromatic hydroxyl groups is 1. The molecular weight excluding hydrogens is 412 g/mol. The summed E-state index contributed by atoms with van der Waals surface area (Å²) >= 11 is 0. The number of phenolic OH excluding ortho intramolecular Hbond substituents is 1. The average molecular weight is 435 g/mol. The molecule has 0 spiro atoms. The van der Waals surface area contributed by atoms with Crippen LogP contribution in [0.15, 0.2) is 77.7 Å². The van der Waals surface area contributed by atoms with Crippen LogP contribution in [0.5, 0.6) is 5.75 Å². The molecule has 0 aromatic heterocycles. The second-order valence-electron chi connectivity index (χ2n) is 7.37. The van der Waals surface area contributed by atoms with Crippen molar-refractivity contribution in [3.05, 3.63) is 89.5 Å². The Kier molecular flexibility index (Phi) is 5.52. The molecule has 4 rings (SSSR count). The van der Waals surface area contributed by atoms with Gasteiger partial charge in [0.1, 0.15) is 5.75 Å². The number of rotatable bonds is 5. The number of carbonyl (C=O) groups excluding carboxylic acids is 1. The van der Waals surface area contributed by atoms with Gasteiger partial charge in [-0.15, -0.1) is 0 Å². The van der Waals surface area contributed by atoms with E-state index in [0.29, 0.717) is 24.2 Å². The van der Waals surface area contributed by atoms with Crippen LogP contribution in [-0.2, 0) is 21.2 Å². The molecule has 0 atom stereocenters. The van der Waals surface area contributed by atoms with Crippen LogP contribution in [0.25, 0.3) is 6.08 Å². The molecule has 2 N–H and O–H groups in total. The predicted octanol–water partition coefficient (Wildman–Crippen LogP) is 4.10. The SMILES string of the molecule is Cc1ccc(NC(=O)C=Cc2ccc(S(=O)(=O)N3CCc4ccccc43)cc2)c(O)c1. The molecule has 158 valence electrons. The highest BCUT2D eigenvalue weighted by Crippen LogP contribution is 2.32. The van der Waals surface area contributed by atoms with Gasteiger partial charge in [-0.25, -0.2) is 8.42 Å². The van der Waals surface area contributed by atoms with E-state index in [1.54, 1.807) is 48.5 Å². The van der Waals surface area contributed by atoms with Crippen LogP contribution in [0.1, 0.15) is 16.7 Å². The van der Waals surface area contributed by atoms with E-state index >= 15 is 0 Å². The van der Waals surface area contributed by atoms with Crippen molar-refractivity contribution in [2.24, 2.45) is 0 Å². The summed E-state index contributed by atoms with van der Waals surface area (Å²) in [5.74, 6) is -0.399. The number of carbonyl (C=O) groups is 1. The largest absolute Gasteiger partial charge is 0.506 e. The lowest BCUT2D eigenvalue weighted by atomic mass is 10.2.